The van der Waals surface area contributed by atoms with Crippen molar-refractivity contribution in [1.29, 1.82) is 0 Å². The molecule has 0 saturated heterocycles. The van der Waals surface area contributed by atoms with E-state index < -0.39 is 5.97 Å². The standard InChI is InChI=1S/C19H29N3O4/c1-7-11-21(19(25)20-8-2)12-15(23)16-13(5)17(18(24)26-10-4)22(9-3)14(16)6/h7H,1,8-12H2,2-6H3,(H,20,25). The summed E-state index contributed by atoms with van der Waals surface area (Å²) in [5, 5.41) is 2.69. The van der Waals surface area contributed by atoms with Gasteiger partial charge in [-0.1, -0.05) is 6.08 Å². The Morgan fingerprint density at radius 2 is 1.88 bits per heavy atom. The second-order valence-electron chi connectivity index (χ2n) is 5.83. The Labute approximate surface area is 155 Å². The molecule has 1 rings (SSSR count). The number of ether oxygens (including phenoxy) is 1. The van der Waals surface area contributed by atoms with Crippen LogP contribution in [0, 0.1) is 13.8 Å². The van der Waals surface area contributed by atoms with Crippen molar-refractivity contribution in [2.24, 2.45) is 0 Å². The number of rotatable bonds is 9. The van der Waals surface area contributed by atoms with Crippen molar-refractivity contribution in [2.45, 2.75) is 41.2 Å². The Morgan fingerprint density at radius 3 is 2.38 bits per heavy atom. The zero-order valence-electron chi connectivity index (χ0n) is 16.3. The van der Waals surface area contributed by atoms with Crippen LogP contribution in [-0.4, -0.2) is 53.5 Å². The maximum atomic E-state index is 12.9. The van der Waals surface area contributed by atoms with Gasteiger partial charge in [-0.15, -0.1) is 6.58 Å². The van der Waals surface area contributed by atoms with E-state index >= 15 is 0 Å². The van der Waals surface area contributed by atoms with E-state index in [1.54, 1.807) is 31.4 Å². The molecular formula is C19H29N3O4. The summed E-state index contributed by atoms with van der Waals surface area (Å²) in [6.07, 6.45) is 1.57. The Bertz CT molecular complexity index is 691. The van der Waals surface area contributed by atoms with Crippen molar-refractivity contribution in [3.05, 3.63) is 35.2 Å². The highest BCUT2D eigenvalue weighted by atomic mass is 16.5. The van der Waals surface area contributed by atoms with E-state index in [0.29, 0.717) is 35.6 Å². The number of hydrogen-bond acceptors (Lipinski definition) is 4. The second kappa shape index (κ2) is 9.79. The van der Waals surface area contributed by atoms with Crippen molar-refractivity contribution in [2.75, 3.05) is 26.2 Å². The predicted octanol–water partition coefficient (Wildman–Crippen LogP) is 2.70. The first-order valence-electron chi connectivity index (χ1n) is 8.87. The Kier molecular flexibility index (Phi) is 8.09. The lowest BCUT2D eigenvalue weighted by Gasteiger charge is -2.20. The molecule has 144 valence electrons. The molecule has 0 aliphatic rings. The second-order valence-corrected chi connectivity index (χ2v) is 5.83. The fraction of sp³-hybridized carbons (Fsp3) is 0.526. The summed E-state index contributed by atoms with van der Waals surface area (Å²) in [6, 6.07) is -0.323. The number of carbonyl (C=O) groups excluding carboxylic acids is 3. The normalized spacial score (nSPS) is 10.3. The van der Waals surface area contributed by atoms with Crippen molar-refractivity contribution in [1.82, 2.24) is 14.8 Å². The smallest absolute Gasteiger partial charge is 0.355 e. The monoisotopic (exact) mass is 363 g/mol. The van der Waals surface area contributed by atoms with Gasteiger partial charge in [0.05, 0.1) is 13.2 Å². The van der Waals surface area contributed by atoms with Crippen LogP contribution in [0.25, 0.3) is 0 Å². The number of Topliss-reactive ketones (excluding diaryl/α,β-unsaturated/α-hetero) is 1. The lowest BCUT2D eigenvalue weighted by molar-refractivity contribution is 0.0512. The van der Waals surface area contributed by atoms with E-state index in [9.17, 15) is 14.4 Å². The van der Waals surface area contributed by atoms with Gasteiger partial charge in [0.1, 0.15) is 5.69 Å². The quantitative estimate of drug-likeness (QED) is 0.415. The van der Waals surface area contributed by atoms with Gasteiger partial charge >= 0.3 is 12.0 Å². The zero-order chi connectivity index (χ0) is 19.9. The number of hydrogen-bond donors (Lipinski definition) is 1. The van der Waals surface area contributed by atoms with Gasteiger partial charge in [-0.05, 0) is 40.2 Å². The van der Waals surface area contributed by atoms with Crippen LogP contribution in [0.5, 0.6) is 0 Å². The Hall–Kier alpha value is -2.57. The summed E-state index contributed by atoms with van der Waals surface area (Å²) < 4.78 is 6.91. The molecule has 0 saturated carbocycles. The predicted molar refractivity (Wildman–Crippen MR) is 101 cm³/mol. The van der Waals surface area contributed by atoms with Crippen LogP contribution in [0.1, 0.15) is 52.9 Å². The zero-order valence-corrected chi connectivity index (χ0v) is 16.3. The summed E-state index contributed by atoms with van der Waals surface area (Å²) in [6.45, 7) is 14.1. The molecule has 0 radical (unpaired) electrons. The summed E-state index contributed by atoms with van der Waals surface area (Å²) in [5.41, 5.74) is 2.14. The topological polar surface area (TPSA) is 80.6 Å². The van der Waals surface area contributed by atoms with Gasteiger partial charge < -0.3 is 19.5 Å². The van der Waals surface area contributed by atoms with E-state index in [1.807, 2.05) is 13.8 Å². The van der Waals surface area contributed by atoms with E-state index in [2.05, 4.69) is 11.9 Å². The van der Waals surface area contributed by atoms with E-state index in [4.69, 9.17) is 4.74 Å². The summed E-state index contributed by atoms with van der Waals surface area (Å²) in [7, 11) is 0. The molecule has 0 fully saturated rings. The van der Waals surface area contributed by atoms with Gasteiger partial charge in [-0.3, -0.25) is 4.79 Å². The average molecular weight is 363 g/mol. The number of carbonyl (C=O) groups is 3. The minimum atomic E-state index is -0.444. The Morgan fingerprint density at radius 1 is 1.23 bits per heavy atom. The highest BCUT2D eigenvalue weighted by Crippen LogP contribution is 2.24. The fourth-order valence-corrected chi connectivity index (χ4v) is 3.05. The van der Waals surface area contributed by atoms with E-state index in [-0.39, 0.29) is 31.5 Å². The molecule has 2 amide bonds. The molecule has 1 N–H and O–H groups in total. The lowest BCUT2D eigenvalue weighted by Crippen LogP contribution is -2.42. The van der Waals surface area contributed by atoms with Crippen LogP contribution >= 0.6 is 0 Å². The molecule has 1 aromatic heterocycles. The van der Waals surface area contributed by atoms with Crippen LogP contribution < -0.4 is 5.32 Å². The van der Waals surface area contributed by atoms with E-state index in [0.717, 1.165) is 0 Å². The summed E-state index contributed by atoms with van der Waals surface area (Å²) >= 11 is 0. The van der Waals surface area contributed by atoms with E-state index in [1.165, 1.54) is 4.90 Å². The summed E-state index contributed by atoms with van der Waals surface area (Å²) in [5.74, 6) is -0.661. The molecule has 0 aromatic carbocycles. The first kappa shape index (κ1) is 21.5. The maximum Gasteiger partial charge on any atom is 0.355 e. The molecule has 0 aliphatic carbocycles. The van der Waals surface area contributed by atoms with Crippen molar-refractivity contribution < 1.29 is 19.1 Å². The molecular weight excluding hydrogens is 334 g/mol. The molecule has 0 atom stereocenters. The van der Waals surface area contributed by atoms with Crippen molar-refractivity contribution in [3.8, 4) is 0 Å². The van der Waals surface area contributed by atoms with Gasteiger partial charge in [0.2, 0.25) is 0 Å². The first-order valence-corrected chi connectivity index (χ1v) is 8.87. The third kappa shape index (κ3) is 4.53. The number of ketones is 1. The van der Waals surface area contributed by atoms with Crippen LogP contribution in [-0.2, 0) is 11.3 Å². The van der Waals surface area contributed by atoms with Crippen molar-refractivity contribution in [3.63, 3.8) is 0 Å². The third-order valence-corrected chi connectivity index (χ3v) is 4.13. The first-order chi connectivity index (χ1) is 12.3. The highest BCUT2D eigenvalue weighted by molar-refractivity contribution is 6.04. The molecule has 26 heavy (non-hydrogen) atoms. The molecule has 0 unspecified atom stereocenters. The molecule has 7 nitrogen and oxygen atoms in total. The molecule has 1 heterocycles. The molecule has 0 spiro atoms. The van der Waals surface area contributed by atoms with Crippen LogP contribution in [0.4, 0.5) is 4.79 Å². The van der Waals surface area contributed by atoms with Crippen LogP contribution in [0.15, 0.2) is 12.7 Å². The Balaban J connectivity index is 3.24. The largest absolute Gasteiger partial charge is 0.461 e. The maximum absolute atomic E-state index is 12.9. The minimum Gasteiger partial charge on any atom is -0.461 e. The fourth-order valence-electron chi connectivity index (χ4n) is 3.05. The molecule has 1 aromatic rings. The minimum absolute atomic E-state index is 0.0878. The molecule has 0 bridgehead atoms. The highest BCUT2D eigenvalue weighted by Gasteiger charge is 2.28. The molecule has 7 heteroatoms. The average Bonchev–Trinajstić information content (AvgIpc) is 2.84. The van der Waals surface area contributed by atoms with Crippen LogP contribution in [0.3, 0.4) is 0 Å². The van der Waals surface area contributed by atoms with Crippen molar-refractivity contribution >= 4 is 17.8 Å². The van der Waals surface area contributed by atoms with Gasteiger partial charge in [0.15, 0.2) is 5.78 Å². The summed E-state index contributed by atoms with van der Waals surface area (Å²) in [4.78, 5) is 38.8. The SMILES string of the molecule is C=CCN(CC(=O)c1c(C)c(C(=O)OCC)n(CC)c1C)C(=O)NCC. The number of nitrogens with zero attached hydrogens (tertiary/aromatic N) is 2. The molecule has 0 aliphatic heterocycles. The van der Waals surface area contributed by atoms with Crippen LogP contribution in [0.2, 0.25) is 0 Å². The van der Waals surface area contributed by atoms with Gasteiger partial charge in [0.25, 0.3) is 0 Å². The number of nitrogens with one attached hydrogen (secondary N) is 1. The van der Waals surface area contributed by atoms with Gasteiger partial charge in [0, 0.05) is 30.9 Å². The lowest BCUT2D eigenvalue weighted by atomic mass is 10.1. The van der Waals surface area contributed by atoms with Gasteiger partial charge in [-0.25, -0.2) is 9.59 Å². The van der Waals surface area contributed by atoms with Gasteiger partial charge in [-0.2, -0.15) is 0 Å². The number of esters is 1. The number of aromatic nitrogens is 1. The third-order valence-electron chi connectivity index (χ3n) is 4.13. The number of amides is 2. The number of urea groups is 1.